The number of nitrogens with zero attached hydrogens (tertiary/aromatic N) is 1. The van der Waals surface area contributed by atoms with Gasteiger partial charge in [-0.3, -0.25) is 0 Å². The summed E-state index contributed by atoms with van der Waals surface area (Å²) in [5.41, 5.74) is 0.778. The first kappa shape index (κ1) is 14.1. The Hall–Kier alpha value is -2.31. The topological polar surface area (TPSA) is 52.3 Å². The number of rotatable bonds is 3. The van der Waals surface area contributed by atoms with Crippen LogP contribution in [-0.2, 0) is 10.9 Å². The summed E-state index contributed by atoms with van der Waals surface area (Å²) in [5, 5.41) is 3.35. The minimum Gasteiger partial charge on any atom is -0.462 e. The van der Waals surface area contributed by atoms with Gasteiger partial charge in [-0.15, -0.1) is 0 Å². The van der Waals surface area contributed by atoms with E-state index in [2.05, 4.69) is 9.68 Å². The van der Waals surface area contributed by atoms with Crippen LogP contribution in [0.5, 0.6) is 0 Å². The lowest BCUT2D eigenvalue weighted by Crippen LogP contribution is -2.04. The summed E-state index contributed by atoms with van der Waals surface area (Å²) >= 11 is 0. The van der Waals surface area contributed by atoms with Crippen molar-refractivity contribution in [3.63, 3.8) is 0 Å². The van der Waals surface area contributed by atoms with E-state index in [4.69, 9.17) is 4.74 Å². The van der Waals surface area contributed by atoms with Gasteiger partial charge in [-0.1, -0.05) is 17.3 Å². The molecule has 0 atom stereocenters. The lowest BCUT2D eigenvalue weighted by Gasteiger charge is -2.02. The molecule has 20 heavy (non-hydrogen) atoms. The molecule has 1 aromatic heterocycles. The van der Waals surface area contributed by atoms with Crippen molar-refractivity contribution in [1.82, 2.24) is 5.16 Å². The summed E-state index contributed by atoms with van der Waals surface area (Å²) in [7, 11) is 0. The van der Waals surface area contributed by atoms with E-state index in [1.165, 1.54) is 24.3 Å². The number of hydrogen-bond acceptors (Lipinski definition) is 4. The van der Waals surface area contributed by atoms with Crippen LogP contribution >= 0.6 is 0 Å². The van der Waals surface area contributed by atoms with E-state index >= 15 is 0 Å². The largest absolute Gasteiger partial charge is 0.462 e. The number of carbonyl (C=O) groups is 1. The second kappa shape index (κ2) is 5.36. The Labute approximate surface area is 112 Å². The molecule has 2 aromatic rings. The monoisotopic (exact) mass is 285 g/mol. The number of hydrogen-bond donors (Lipinski definition) is 0. The molecule has 0 aliphatic rings. The van der Waals surface area contributed by atoms with Crippen LogP contribution in [0.15, 0.2) is 34.9 Å². The van der Waals surface area contributed by atoms with Gasteiger partial charge in [-0.25, -0.2) is 4.79 Å². The average molecular weight is 285 g/mol. The molecule has 2 rings (SSSR count). The third kappa shape index (κ3) is 2.98. The lowest BCUT2D eigenvalue weighted by atomic mass is 10.1. The minimum absolute atomic E-state index is 0.0488. The van der Waals surface area contributed by atoms with E-state index in [0.29, 0.717) is 11.1 Å². The molecule has 1 aromatic carbocycles. The second-order valence-corrected chi connectivity index (χ2v) is 3.87. The quantitative estimate of drug-likeness (QED) is 0.809. The summed E-state index contributed by atoms with van der Waals surface area (Å²) < 4.78 is 46.2. The van der Waals surface area contributed by atoms with Crippen molar-refractivity contribution < 1.29 is 27.2 Å². The molecular formula is C13H10F3NO3. The fourth-order valence-corrected chi connectivity index (χ4v) is 1.54. The molecule has 0 aliphatic heterocycles. The van der Waals surface area contributed by atoms with Crippen LogP contribution in [0.4, 0.5) is 13.2 Å². The number of aromatic nitrogens is 1. The Kier molecular flexibility index (Phi) is 3.78. The van der Waals surface area contributed by atoms with Crippen LogP contribution < -0.4 is 0 Å². The maximum atomic E-state index is 12.4. The zero-order valence-corrected chi connectivity index (χ0v) is 10.4. The van der Waals surface area contributed by atoms with Crippen LogP contribution in [0.25, 0.3) is 11.3 Å². The number of ether oxygens (including phenoxy) is 1. The highest BCUT2D eigenvalue weighted by atomic mass is 19.4. The highest BCUT2D eigenvalue weighted by Gasteiger charge is 2.36. The fraction of sp³-hybridized carbons (Fsp3) is 0.231. The Morgan fingerprint density at radius 3 is 2.45 bits per heavy atom. The molecule has 0 saturated heterocycles. The first-order valence-electron chi connectivity index (χ1n) is 5.73. The normalized spacial score (nSPS) is 11.4. The van der Waals surface area contributed by atoms with Crippen LogP contribution in [0.1, 0.15) is 23.0 Å². The molecule has 0 spiro atoms. The van der Waals surface area contributed by atoms with Gasteiger partial charge in [0.25, 0.3) is 0 Å². The molecule has 0 radical (unpaired) electrons. The molecule has 0 amide bonds. The second-order valence-electron chi connectivity index (χ2n) is 3.87. The average Bonchev–Trinajstić information content (AvgIpc) is 2.89. The Balaban J connectivity index is 2.22. The van der Waals surface area contributed by atoms with E-state index in [1.54, 1.807) is 6.92 Å². The molecule has 0 bridgehead atoms. The molecule has 0 fully saturated rings. The van der Waals surface area contributed by atoms with Crippen molar-refractivity contribution in [3.8, 4) is 11.3 Å². The van der Waals surface area contributed by atoms with Crippen LogP contribution in [0.3, 0.4) is 0 Å². The highest BCUT2D eigenvalue weighted by Crippen LogP contribution is 2.32. The van der Waals surface area contributed by atoms with E-state index in [-0.39, 0.29) is 12.3 Å². The van der Waals surface area contributed by atoms with Gasteiger partial charge >= 0.3 is 12.1 Å². The number of esters is 1. The Morgan fingerprint density at radius 1 is 1.30 bits per heavy atom. The third-order valence-corrected chi connectivity index (χ3v) is 2.48. The van der Waals surface area contributed by atoms with Gasteiger partial charge in [0.15, 0.2) is 0 Å². The number of benzene rings is 1. The van der Waals surface area contributed by atoms with Gasteiger partial charge in [0.2, 0.25) is 5.76 Å². The smallest absolute Gasteiger partial charge is 0.452 e. The molecule has 7 heteroatoms. The predicted octanol–water partition coefficient (Wildman–Crippen LogP) is 3.54. The van der Waals surface area contributed by atoms with Gasteiger partial charge in [0.05, 0.1) is 12.2 Å². The predicted molar refractivity (Wildman–Crippen MR) is 62.9 cm³/mol. The lowest BCUT2D eigenvalue weighted by molar-refractivity contribution is -0.155. The molecule has 0 aliphatic carbocycles. The summed E-state index contributed by atoms with van der Waals surface area (Å²) in [6.45, 7) is 1.93. The van der Waals surface area contributed by atoms with Gasteiger partial charge in [-0.2, -0.15) is 13.2 Å². The van der Waals surface area contributed by atoms with E-state index in [9.17, 15) is 18.0 Å². The summed E-state index contributed by atoms with van der Waals surface area (Å²) in [6.07, 6.45) is -4.57. The summed E-state index contributed by atoms with van der Waals surface area (Å²) in [6, 6.07) is 6.67. The minimum atomic E-state index is -4.57. The Morgan fingerprint density at radius 2 is 1.95 bits per heavy atom. The molecule has 4 nitrogen and oxygen atoms in total. The van der Waals surface area contributed by atoms with Gasteiger partial charge in [-0.05, 0) is 19.1 Å². The van der Waals surface area contributed by atoms with Crippen LogP contribution in [0, 0.1) is 0 Å². The number of alkyl halides is 3. The van der Waals surface area contributed by atoms with Crippen LogP contribution in [0.2, 0.25) is 0 Å². The standard InChI is InChI=1S/C13H10F3NO3/c1-2-19-12(18)9-5-3-8(4-6-9)10-7-11(20-17-10)13(14,15)16/h3-7H,2H2,1H3. The van der Waals surface area contributed by atoms with E-state index in [1.807, 2.05) is 0 Å². The summed E-state index contributed by atoms with van der Waals surface area (Å²) in [4.78, 5) is 11.4. The maximum absolute atomic E-state index is 12.4. The number of carbonyl (C=O) groups excluding carboxylic acids is 1. The maximum Gasteiger partial charge on any atom is 0.452 e. The zero-order chi connectivity index (χ0) is 14.8. The van der Waals surface area contributed by atoms with Crippen molar-refractivity contribution in [2.45, 2.75) is 13.1 Å². The molecule has 106 valence electrons. The van der Waals surface area contributed by atoms with Gasteiger partial charge in [0.1, 0.15) is 5.69 Å². The van der Waals surface area contributed by atoms with Crippen molar-refractivity contribution in [2.24, 2.45) is 0 Å². The third-order valence-electron chi connectivity index (χ3n) is 2.48. The van der Waals surface area contributed by atoms with Crippen molar-refractivity contribution in [2.75, 3.05) is 6.61 Å². The molecule has 0 saturated carbocycles. The summed E-state index contributed by atoms with van der Waals surface area (Å²) in [5.74, 6) is -1.66. The Bertz CT molecular complexity index is 602. The van der Waals surface area contributed by atoms with E-state index < -0.39 is 17.9 Å². The fourth-order valence-electron chi connectivity index (χ4n) is 1.54. The first-order valence-corrected chi connectivity index (χ1v) is 5.73. The van der Waals surface area contributed by atoms with Crippen molar-refractivity contribution in [3.05, 3.63) is 41.7 Å². The van der Waals surface area contributed by atoms with Gasteiger partial charge < -0.3 is 9.26 Å². The number of halogens is 3. The molecule has 0 unspecified atom stereocenters. The molecule has 0 N–H and O–H groups in total. The van der Waals surface area contributed by atoms with Gasteiger partial charge in [0, 0.05) is 11.6 Å². The highest BCUT2D eigenvalue weighted by molar-refractivity contribution is 5.89. The van der Waals surface area contributed by atoms with Crippen molar-refractivity contribution >= 4 is 5.97 Å². The molecular weight excluding hydrogens is 275 g/mol. The van der Waals surface area contributed by atoms with Crippen LogP contribution in [-0.4, -0.2) is 17.7 Å². The first-order chi connectivity index (χ1) is 9.41. The molecule has 1 heterocycles. The van der Waals surface area contributed by atoms with Crippen molar-refractivity contribution in [1.29, 1.82) is 0 Å². The zero-order valence-electron chi connectivity index (χ0n) is 10.4. The van der Waals surface area contributed by atoms with E-state index in [0.717, 1.165) is 6.07 Å². The SMILES string of the molecule is CCOC(=O)c1ccc(-c2cc(C(F)(F)F)on2)cc1.